The van der Waals surface area contributed by atoms with Crippen molar-refractivity contribution in [3.63, 3.8) is 0 Å². The van der Waals surface area contributed by atoms with Gasteiger partial charge in [0.05, 0.1) is 13.2 Å². The van der Waals surface area contributed by atoms with Gasteiger partial charge >= 0.3 is 0 Å². The number of ether oxygens (including phenoxy) is 1. The second-order valence-electron chi connectivity index (χ2n) is 7.39. The molecule has 7 heteroatoms. The molecule has 2 heterocycles. The summed E-state index contributed by atoms with van der Waals surface area (Å²) in [6, 6.07) is 6.54. The van der Waals surface area contributed by atoms with E-state index in [4.69, 9.17) is 21.2 Å². The van der Waals surface area contributed by atoms with E-state index in [2.05, 4.69) is 39.9 Å². The third-order valence-electron chi connectivity index (χ3n) is 5.65. The van der Waals surface area contributed by atoms with Crippen LogP contribution in [0.15, 0.2) is 28.2 Å². The van der Waals surface area contributed by atoms with Crippen LogP contribution in [0.4, 0.5) is 11.4 Å². The van der Waals surface area contributed by atoms with E-state index in [1.54, 1.807) is 0 Å². The largest absolute Gasteiger partial charge is 0.378 e. The lowest BCUT2D eigenvalue weighted by Gasteiger charge is -2.46. The van der Waals surface area contributed by atoms with Crippen LogP contribution in [0.25, 0.3) is 0 Å². The normalized spacial score (nSPS) is 23.0. The van der Waals surface area contributed by atoms with E-state index in [1.807, 2.05) is 0 Å². The Morgan fingerprint density at radius 2 is 1.81 bits per heavy atom. The third-order valence-corrected chi connectivity index (χ3v) is 5.65. The predicted molar refractivity (Wildman–Crippen MR) is 106 cm³/mol. The fourth-order valence-electron chi connectivity index (χ4n) is 4.38. The summed E-state index contributed by atoms with van der Waals surface area (Å²) in [5.41, 5.74) is 15.4. The molecule has 0 radical (unpaired) electrons. The molecular formula is C19H28N6O. The van der Waals surface area contributed by atoms with Crippen molar-refractivity contribution >= 4 is 23.3 Å². The Balaban J connectivity index is 1.69. The number of guanidine groups is 2. The number of benzene rings is 1. The standard InChI is InChI=1S/C19H28N6O/c1-14-13-15(24-9-11-26-12-10-24)5-6-16(14)25-18(21)22-17(20)23-19(25)7-3-2-4-8-19/h5-6,13H,2-4,7-12H2,1H3,(H4,20,21,22,23). The zero-order chi connectivity index (χ0) is 18.1. The van der Waals surface area contributed by atoms with Crippen LogP contribution in [-0.4, -0.2) is 43.9 Å². The highest BCUT2D eigenvalue weighted by atomic mass is 16.5. The summed E-state index contributed by atoms with van der Waals surface area (Å²) in [6.07, 6.45) is 5.40. The summed E-state index contributed by atoms with van der Waals surface area (Å²) in [5.74, 6) is 0.741. The average molecular weight is 356 g/mol. The molecule has 1 aromatic rings. The molecule has 3 aliphatic rings. The molecule has 0 amide bonds. The van der Waals surface area contributed by atoms with E-state index in [-0.39, 0.29) is 5.66 Å². The molecule has 1 spiro atoms. The SMILES string of the molecule is Cc1cc(N2CCOCC2)ccc1N1C(N)=NC(N)=NC12CCCCC2. The molecule has 140 valence electrons. The zero-order valence-electron chi connectivity index (χ0n) is 15.4. The lowest BCUT2D eigenvalue weighted by molar-refractivity contribution is 0.122. The first kappa shape index (κ1) is 17.1. The van der Waals surface area contributed by atoms with Crippen LogP contribution >= 0.6 is 0 Å². The Morgan fingerprint density at radius 1 is 1.08 bits per heavy atom. The molecule has 2 aliphatic heterocycles. The molecular weight excluding hydrogens is 328 g/mol. The minimum Gasteiger partial charge on any atom is -0.378 e. The van der Waals surface area contributed by atoms with Crippen LogP contribution in [0, 0.1) is 6.92 Å². The number of hydrogen-bond acceptors (Lipinski definition) is 7. The van der Waals surface area contributed by atoms with E-state index in [1.165, 1.54) is 17.7 Å². The fourth-order valence-corrected chi connectivity index (χ4v) is 4.38. The van der Waals surface area contributed by atoms with Gasteiger partial charge in [-0.25, -0.2) is 4.99 Å². The molecule has 26 heavy (non-hydrogen) atoms. The molecule has 0 bridgehead atoms. The third kappa shape index (κ3) is 3.00. The summed E-state index contributed by atoms with van der Waals surface area (Å²) in [5, 5.41) is 0. The highest BCUT2D eigenvalue weighted by molar-refractivity contribution is 6.06. The van der Waals surface area contributed by atoms with Gasteiger partial charge in [-0.15, -0.1) is 0 Å². The van der Waals surface area contributed by atoms with Crippen molar-refractivity contribution in [2.75, 3.05) is 36.1 Å². The first-order valence-electron chi connectivity index (χ1n) is 9.52. The maximum Gasteiger partial charge on any atom is 0.220 e. The van der Waals surface area contributed by atoms with E-state index in [9.17, 15) is 0 Å². The monoisotopic (exact) mass is 356 g/mol. The molecule has 1 saturated heterocycles. The van der Waals surface area contributed by atoms with Crippen LogP contribution in [-0.2, 0) is 4.74 Å². The highest BCUT2D eigenvalue weighted by Crippen LogP contribution is 2.41. The summed E-state index contributed by atoms with van der Waals surface area (Å²) >= 11 is 0. The van der Waals surface area contributed by atoms with Gasteiger partial charge in [0.25, 0.3) is 0 Å². The lowest BCUT2D eigenvalue weighted by atomic mass is 9.87. The molecule has 4 rings (SSSR count). The molecule has 4 N–H and O–H groups in total. The number of hydrogen-bond donors (Lipinski definition) is 2. The van der Waals surface area contributed by atoms with Crippen molar-refractivity contribution in [1.29, 1.82) is 0 Å². The maximum atomic E-state index is 6.34. The Bertz CT molecular complexity index is 732. The van der Waals surface area contributed by atoms with Crippen molar-refractivity contribution in [3.05, 3.63) is 23.8 Å². The van der Waals surface area contributed by atoms with Gasteiger partial charge in [-0.05, 0) is 56.4 Å². The predicted octanol–water partition coefficient (Wildman–Crippen LogP) is 1.94. The second-order valence-corrected chi connectivity index (χ2v) is 7.39. The molecule has 1 aromatic carbocycles. The highest BCUT2D eigenvalue weighted by Gasteiger charge is 2.43. The van der Waals surface area contributed by atoms with Crippen molar-refractivity contribution in [2.24, 2.45) is 21.5 Å². The summed E-state index contributed by atoms with van der Waals surface area (Å²) in [4.78, 5) is 13.5. The van der Waals surface area contributed by atoms with Crippen LogP contribution in [0.5, 0.6) is 0 Å². The summed E-state index contributed by atoms with van der Waals surface area (Å²) in [7, 11) is 0. The first-order valence-corrected chi connectivity index (χ1v) is 9.52. The van der Waals surface area contributed by atoms with Crippen LogP contribution < -0.4 is 21.3 Å². The Labute approximate surface area is 154 Å². The van der Waals surface area contributed by atoms with Gasteiger partial charge in [0.2, 0.25) is 11.9 Å². The van der Waals surface area contributed by atoms with E-state index in [0.29, 0.717) is 11.9 Å². The number of rotatable bonds is 2. The molecule has 1 saturated carbocycles. The van der Waals surface area contributed by atoms with Gasteiger partial charge in [-0.3, -0.25) is 4.90 Å². The first-order chi connectivity index (χ1) is 12.6. The fraction of sp³-hybridized carbons (Fsp3) is 0.579. The van der Waals surface area contributed by atoms with Gasteiger partial charge in [0, 0.05) is 24.5 Å². The Morgan fingerprint density at radius 3 is 2.50 bits per heavy atom. The van der Waals surface area contributed by atoms with Gasteiger partial charge in [0.15, 0.2) is 0 Å². The summed E-state index contributed by atoms with van der Waals surface area (Å²) in [6.45, 7) is 5.55. The second kappa shape index (κ2) is 6.79. The molecule has 1 aliphatic carbocycles. The van der Waals surface area contributed by atoms with E-state index >= 15 is 0 Å². The smallest absolute Gasteiger partial charge is 0.220 e. The number of anilines is 2. The Kier molecular flexibility index (Phi) is 4.48. The van der Waals surface area contributed by atoms with Crippen molar-refractivity contribution in [2.45, 2.75) is 44.7 Å². The van der Waals surface area contributed by atoms with Gasteiger partial charge < -0.3 is 21.1 Å². The average Bonchev–Trinajstić information content (AvgIpc) is 2.64. The van der Waals surface area contributed by atoms with Gasteiger partial charge in [-0.1, -0.05) is 6.42 Å². The van der Waals surface area contributed by atoms with Crippen molar-refractivity contribution < 1.29 is 4.74 Å². The zero-order valence-corrected chi connectivity index (χ0v) is 15.4. The molecule has 2 fully saturated rings. The number of aliphatic imine (C=N–C) groups is 2. The van der Waals surface area contributed by atoms with Gasteiger partial charge in [-0.2, -0.15) is 4.99 Å². The van der Waals surface area contributed by atoms with Crippen molar-refractivity contribution in [1.82, 2.24) is 0 Å². The van der Waals surface area contributed by atoms with Crippen LogP contribution in [0.1, 0.15) is 37.7 Å². The van der Waals surface area contributed by atoms with Crippen LogP contribution in [0.2, 0.25) is 0 Å². The number of morpholine rings is 1. The van der Waals surface area contributed by atoms with Crippen molar-refractivity contribution in [3.8, 4) is 0 Å². The van der Waals surface area contributed by atoms with E-state index in [0.717, 1.165) is 57.7 Å². The van der Waals surface area contributed by atoms with Gasteiger partial charge in [0.1, 0.15) is 5.66 Å². The number of nitrogens with two attached hydrogens (primary N) is 2. The number of nitrogens with zero attached hydrogens (tertiary/aromatic N) is 4. The molecule has 0 aromatic heterocycles. The topological polar surface area (TPSA) is 92.5 Å². The minimum atomic E-state index is -0.389. The van der Waals surface area contributed by atoms with E-state index < -0.39 is 0 Å². The minimum absolute atomic E-state index is 0.295. The maximum absolute atomic E-state index is 6.34. The lowest BCUT2D eigenvalue weighted by Crippen LogP contribution is -2.58. The summed E-state index contributed by atoms with van der Waals surface area (Å²) < 4.78 is 5.46. The molecule has 7 nitrogen and oxygen atoms in total. The molecule has 0 atom stereocenters. The Hall–Kier alpha value is -2.28. The quantitative estimate of drug-likeness (QED) is 0.845. The number of aryl methyl sites for hydroxylation is 1. The molecule has 0 unspecified atom stereocenters. The van der Waals surface area contributed by atoms with Crippen LogP contribution in [0.3, 0.4) is 0 Å².